The van der Waals surface area contributed by atoms with Crippen LogP contribution >= 0.6 is 31.3 Å². The standard InChI is InChI=1S/C39H51N15O25P4/c1-16-8-52(39(59)50-35(16)56)28-6-19(22(75-28)10-69-80(60,61)62)78-82(65,66)72-12-24-20(7-29(76-24)53-14-45-30-32(41)43-13-44-33(30)53)79-83(67,68)71-11-23-18(5-27(74-23)51-3-2-25(40)47-38(51)58)77-81(63,64)70-9-21-17(55)4-26(73-21)54-15-46-31-34(54)48-37(42)49-36(31)57/h2-3,8,13-15,17-24,26-29,55H,4-7,9-12H2,1H3,(H,63,64)(H,65,66)(H,67,68)(H2,40,47,58)(H2,41,43,44)(H,50,56,59)(H2,60,61,62)(H3,42,48,49,57)/t17-,18-,19-,20-,21+,22+,23+,24+,26+,27+,28+,29+/m0/s1. The summed E-state index contributed by atoms with van der Waals surface area (Å²) in [5, 5.41) is 10.9. The molecule has 452 valence electrons. The van der Waals surface area contributed by atoms with Crippen LogP contribution in [0.5, 0.6) is 0 Å². The normalized spacial score (nSPS) is 28.9. The van der Waals surface area contributed by atoms with Crippen LogP contribution < -0.4 is 39.7 Å². The zero-order valence-electron chi connectivity index (χ0n) is 42.5. The summed E-state index contributed by atoms with van der Waals surface area (Å²) in [6.07, 6.45) is -12.5. The van der Waals surface area contributed by atoms with Gasteiger partial charge in [0.25, 0.3) is 11.1 Å². The largest absolute Gasteiger partial charge is 0.472 e. The van der Waals surface area contributed by atoms with Crippen molar-refractivity contribution in [1.82, 2.24) is 58.1 Å². The van der Waals surface area contributed by atoms with E-state index in [2.05, 4.69) is 44.4 Å². The van der Waals surface area contributed by atoms with Gasteiger partial charge in [-0.05, 0) is 13.0 Å². The van der Waals surface area contributed by atoms with E-state index in [1.54, 1.807) is 0 Å². The third-order valence-electron chi connectivity index (χ3n) is 13.2. The average Bonchev–Trinajstić information content (AvgIpc) is 4.44. The molecule has 3 unspecified atom stereocenters. The summed E-state index contributed by atoms with van der Waals surface area (Å²) in [6.45, 7) is -2.30. The van der Waals surface area contributed by atoms with E-state index in [4.69, 9.17) is 63.3 Å². The molecule has 4 saturated heterocycles. The van der Waals surface area contributed by atoms with E-state index in [0.29, 0.717) is 0 Å². The number of aryl methyl sites for hydroxylation is 1. The summed E-state index contributed by atoms with van der Waals surface area (Å²) in [4.78, 5) is 131. The van der Waals surface area contributed by atoms with Gasteiger partial charge in [0.2, 0.25) is 5.95 Å². The van der Waals surface area contributed by atoms with Gasteiger partial charge in [0.1, 0.15) is 85.3 Å². The number of fused-ring (bicyclic) bond motifs is 2. The minimum atomic E-state index is -5.41. The van der Waals surface area contributed by atoms with Gasteiger partial charge in [-0.3, -0.25) is 69.5 Å². The lowest BCUT2D eigenvalue weighted by Crippen LogP contribution is -2.33. The van der Waals surface area contributed by atoms with E-state index in [1.807, 2.05) is 0 Å². The number of ether oxygens (including phenoxy) is 4. The van der Waals surface area contributed by atoms with E-state index < -0.39 is 167 Å². The van der Waals surface area contributed by atoms with Crippen molar-refractivity contribution in [1.29, 1.82) is 0 Å². The predicted octanol–water partition coefficient (Wildman–Crippen LogP) is -2.05. The first-order valence-electron chi connectivity index (χ1n) is 24.4. The number of hydrogen-bond donors (Lipinski definition) is 11. The van der Waals surface area contributed by atoms with Gasteiger partial charge >= 0.3 is 42.7 Å². The number of aromatic nitrogens is 12. The SMILES string of the molecule is Cc1cn([C@H]2C[C@H](OP(=O)(O)OC[C@H]3O[C@@H](n4cnc5c(N)ncnc54)C[C@@H]3OP(=O)(O)OC[C@H]3O[C@@H](n4ccc(N)nc4=O)C[C@@H]3OP(=O)(O)OC[C@H]3O[C@@H](n4cnc5c(=O)[nH]c(N)nc54)C[C@@H]3O)[C@@H](COP(=O)(O)O)O2)c(=O)[nH]c1=O. The van der Waals surface area contributed by atoms with Crippen LogP contribution in [0.15, 0.2) is 56.6 Å². The van der Waals surface area contributed by atoms with Crippen LogP contribution in [0.4, 0.5) is 17.6 Å². The lowest BCUT2D eigenvalue weighted by atomic mass is 10.2. The minimum absolute atomic E-state index is 0.0259. The first-order valence-corrected chi connectivity index (χ1v) is 30.4. The van der Waals surface area contributed by atoms with Crippen LogP contribution in [0, 0.1) is 6.92 Å². The number of aliphatic hydroxyl groups is 1. The molecular formula is C39H51N15O25P4. The average molecular weight is 1250 g/mol. The molecule has 6 aromatic rings. The number of nitrogens with one attached hydrogen (secondary N) is 2. The highest BCUT2D eigenvalue weighted by molar-refractivity contribution is 7.48. The highest BCUT2D eigenvalue weighted by Crippen LogP contribution is 2.54. The molecular weight excluding hydrogens is 1200 g/mol. The lowest BCUT2D eigenvalue weighted by molar-refractivity contribution is -0.0628. The van der Waals surface area contributed by atoms with Gasteiger partial charge in [-0.1, -0.05) is 0 Å². The Labute approximate surface area is 461 Å². The Hall–Kier alpha value is -5.90. The van der Waals surface area contributed by atoms with Crippen molar-refractivity contribution in [3.05, 3.63) is 84.7 Å². The second-order valence-electron chi connectivity index (χ2n) is 18.9. The molecule has 0 aromatic carbocycles. The van der Waals surface area contributed by atoms with E-state index >= 15 is 0 Å². The molecule has 10 rings (SSSR count). The number of imidazole rings is 2. The van der Waals surface area contributed by atoms with Crippen molar-refractivity contribution in [2.45, 2.75) is 106 Å². The van der Waals surface area contributed by atoms with Crippen LogP contribution in [0.25, 0.3) is 22.3 Å². The van der Waals surface area contributed by atoms with Crippen molar-refractivity contribution < 1.29 is 98.4 Å². The van der Waals surface area contributed by atoms with Crippen molar-refractivity contribution in [2.75, 3.05) is 43.6 Å². The number of hydrogen-bond acceptors (Lipinski definition) is 29. The van der Waals surface area contributed by atoms with Crippen molar-refractivity contribution in [2.24, 2.45) is 0 Å². The first kappa shape index (κ1) is 60.2. The number of nitrogens with two attached hydrogens (primary N) is 3. The molecule has 0 aliphatic carbocycles. The third kappa shape index (κ3) is 13.8. The summed E-state index contributed by atoms with van der Waals surface area (Å²) in [7, 11) is -21.2. The van der Waals surface area contributed by atoms with Gasteiger partial charge in [-0.15, -0.1) is 0 Å². The second-order valence-corrected chi connectivity index (χ2v) is 24.4. The zero-order valence-corrected chi connectivity index (χ0v) is 46.1. The van der Waals surface area contributed by atoms with E-state index in [9.17, 15) is 67.0 Å². The number of nitrogens with zero attached hydrogens (tertiary/aromatic N) is 10. The maximum absolute atomic E-state index is 14.0. The number of rotatable bonds is 22. The van der Waals surface area contributed by atoms with Crippen LogP contribution in [-0.4, -0.2) is 163 Å². The highest BCUT2D eigenvalue weighted by Gasteiger charge is 2.49. The lowest BCUT2D eigenvalue weighted by Gasteiger charge is -2.25. The Kier molecular flexibility index (Phi) is 17.1. The van der Waals surface area contributed by atoms with Crippen molar-refractivity contribution >= 4 is 71.2 Å². The maximum Gasteiger partial charge on any atom is 0.472 e. The molecule has 0 spiro atoms. The van der Waals surface area contributed by atoms with Crippen molar-refractivity contribution in [3.8, 4) is 0 Å². The molecule has 10 heterocycles. The predicted molar refractivity (Wildman–Crippen MR) is 271 cm³/mol. The Morgan fingerprint density at radius 2 is 1.10 bits per heavy atom. The topological polar surface area (TPSA) is 566 Å². The van der Waals surface area contributed by atoms with Crippen LogP contribution in [0.2, 0.25) is 0 Å². The second kappa shape index (κ2) is 23.5. The van der Waals surface area contributed by atoms with Gasteiger partial charge < -0.3 is 65.7 Å². The number of aliphatic hydroxyl groups excluding tert-OH is 1. The number of nitrogen functional groups attached to an aromatic ring is 3. The molecule has 44 heteroatoms. The van der Waals surface area contributed by atoms with Crippen LogP contribution in [0.3, 0.4) is 0 Å². The summed E-state index contributed by atoms with van der Waals surface area (Å²) in [6, 6.07) is 1.24. The van der Waals surface area contributed by atoms with E-state index in [1.165, 1.54) is 41.0 Å². The number of H-pyrrole nitrogens is 2. The Bertz CT molecular complexity index is 3850. The fourth-order valence-corrected chi connectivity index (χ4v) is 12.6. The van der Waals surface area contributed by atoms with Gasteiger partial charge in [-0.25, -0.2) is 47.8 Å². The fourth-order valence-electron chi connectivity index (χ4n) is 9.39. The maximum atomic E-state index is 14.0. The molecule has 0 bridgehead atoms. The molecule has 4 aliphatic rings. The molecule has 0 saturated carbocycles. The summed E-state index contributed by atoms with van der Waals surface area (Å²) in [5.41, 5.74) is 14.3. The number of aromatic amines is 2. The third-order valence-corrected chi connectivity index (χ3v) is 16.8. The Balaban J connectivity index is 0.832. The monoisotopic (exact) mass is 1250 g/mol. The minimum Gasteiger partial charge on any atom is -0.390 e. The van der Waals surface area contributed by atoms with Crippen LogP contribution in [0.1, 0.15) is 56.2 Å². The molecule has 0 amide bonds. The van der Waals surface area contributed by atoms with Gasteiger partial charge in [0.05, 0.1) is 45.2 Å². The van der Waals surface area contributed by atoms with Crippen molar-refractivity contribution in [3.63, 3.8) is 0 Å². The summed E-state index contributed by atoms with van der Waals surface area (Å²) in [5.74, 6) is -0.420. The van der Waals surface area contributed by atoms with Gasteiger partial charge in [-0.2, -0.15) is 9.97 Å². The summed E-state index contributed by atoms with van der Waals surface area (Å²) < 4.78 is 118. The first-order chi connectivity index (χ1) is 39.1. The molecule has 40 nitrogen and oxygen atoms in total. The Morgan fingerprint density at radius 1 is 0.602 bits per heavy atom. The molecule has 4 aliphatic heterocycles. The van der Waals surface area contributed by atoms with E-state index in [0.717, 1.165) is 21.7 Å². The fraction of sp³-hybridized carbons (Fsp3) is 0.538. The summed E-state index contributed by atoms with van der Waals surface area (Å²) >= 11 is 0. The Morgan fingerprint density at radius 3 is 1.66 bits per heavy atom. The smallest absolute Gasteiger partial charge is 0.390 e. The van der Waals surface area contributed by atoms with Gasteiger partial charge in [0.15, 0.2) is 22.6 Å². The van der Waals surface area contributed by atoms with Gasteiger partial charge in [0, 0.05) is 43.6 Å². The molecule has 6 aromatic heterocycles. The van der Waals surface area contributed by atoms with E-state index in [-0.39, 0.29) is 58.3 Å². The number of phosphoric acid groups is 4. The number of phosphoric ester groups is 4. The molecule has 4 fully saturated rings. The zero-order chi connectivity index (χ0) is 59.5. The molecule has 14 N–H and O–H groups in total. The number of anilines is 3. The molecule has 83 heavy (non-hydrogen) atoms. The quantitative estimate of drug-likeness (QED) is 0.0326. The highest BCUT2D eigenvalue weighted by atomic mass is 31.2. The van der Waals surface area contributed by atoms with Crippen LogP contribution in [-0.2, 0) is 68.9 Å². The molecule has 15 atom stereocenters. The molecule has 0 radical (unpaired) electrons.